The number of fused-ring (bicyclic) bond motifs is 1. The van der Waals surface area contributed by atoms with Gasteiger partial charge in [0.2, 0.25) is 0 Å². The third-order valence-corrected chi connectivity index (χ3v) is 1.94. The van der Waals surface area contributed by atoms with Crippen LogP contribution in [0.1, 0.15) is 6.92 Å². The second-order valence-electron chi connectivity index (χ2n) is 2.93. The van der Waals surface area contributed by atoms with E-state index in [1.54, 1.807) is 6.07 Å². The highest BCUT2D eigenvalue weighted by molar-refractivity contribution is 5.78. The lowest BCUT2D eigenvalue weighted by Crippen LogP contribution is -1.92. The van der Waals surface area contributed by atoms with Crippen molar-refractivity contribution < 1.29 is 9.66 Å². The molecule has 1 aromatic carbocycles. The SMILES string of the molecule is CCOc1nc2ccc([N+](=O)[O-])cc2[nH]1. The van der Waals surface area contributed by atoms with E-state index in [4.69, 9.17) is 4.74 Å². The van der Waals surface area contributed by atoms with Gasteiger partial charge < -0.3 is 9.72 Å². The van der Waals surface area contributed by atoms with Gasteiger partial charge in [-0.1, -0.05) is 0 Å². The number of rotatable bonds is 3. The molecule has 0 bridgehead atoms. The Balaban J connectivity index is 2.47. The standard InChI is InChI=1S/C9H9N3O3/c1-2-15-9-10-7-4-3-6(12(13)14)5-8(7)11-9/h3-5H,2H2,1H3,(H,10,11). The van der Waals surface area contributed by atoms with Crippen LogP contribution in [0.4, 0.5) is 5.69 Å². The highest BCUT2D eigenvalue weighted by atomic mass is 16.6. The minimum Gasteiger partial charge on any atom is -0.465 e. The Kier molecular flexibility index (Phi) is 2.24. The molecule has 0 spiro atoms. The van der Waals surface area contributed by atoms with Crippen LogP contribution in [-0.4, -0.2) is 21.5 Å². The van der Waals surface area contributed by atoms with Crippen molar-refractivity contribution in [1.29, 1.82) is 0 Å². The van der Waals surface area contributed by atoms with Gasteiger partial charge in [-0.2, -0.15) is 4.98 Å². The number of nitro benzene ring substituents is 1. The van der Waals surface area contributed by atoms with Gasteiger partial charge in [-0.05, 0) is 13.0 Å². The Bertz CT molecular complexity index is 506. The molecule has 0 aliphatic rings. The zero-order valence-corrected chi connectivity index (χ0v) is 8.06. The van der Waals surface area contributed by atoms with E-state index in [-0.39, 0.29) is 5.69 Å². The van der Waals surface area contributed by atoms with E-state index >= 15 is 0 Å². The number of benzene rings is 1. The fourth-order valence-corrected chi connectivity index (χ4v) is 1.29. The number of H-pyrrole nitrogens is 1. The Morgan fingerprint density at radius 3 is 3.07 bits per heavy atom. The van der Waals surface area contributed by atoms with Crippen LogP contribution >= 0.6 is 0 Å². The van der Waals surface area contributed by atoms with Crippen molar-refractivity contribution in [2.75, 3.05) is 6.61 Å². The minimum absolute atomic E-state index is 0.0363. The number of hydrogen-bond acceptors (Lipinski definition) is 4. The van der Waals surface area contributed by atoms with Gasteiger partial charge in [0.15, 0.2) is 0 Å². The molecular weight excluding hydrogens is 198 g/mol. The van der Waals surface area contributed by atoms with Crippen molar-refractivity contribution >= 4 is 16.7 Å². The quantitative estimate of drug-likeness (QED) is 0.615. The van der Waals surface area contributed by atoms with Crippen LogP contribution in [0.15, 0.2) is 18.2 Å². The third kappa shape index (κ3) is 1.74. The maximum Gasteiger partial charge on any atom is 0.294 e. The number of imidazole rings is 1. The van der Waals surface area contributed by atoms with E-state index in [2.05, 4.69) is 9.97 Å². The molecule has 0 aliphatic carbocycles. The molecule has 0 radical (unpaired) electrons. The molecule has 1 N–H and O–H groups in total. The van der Waals surface area contributed by atoms with E-state index in [0.29, 0.717) is 23.7 Å². The summed E-state index contributed by atoms with van der Waals surface area (Å²) in [6, 6.07) is 4.82. The normalized spacial score (nSPS) is 10.5. The van der Waals surface area contributed by atoms with Gasteiger partial charge in [0.25, 0.3) is 11.7 Å². The Labute approximate surface area is 85.0 Å². The Hall–Kier alpha value is -2.11. The molecule has 0 saturated carbocycles. The second kappa shape index (κ2) is 3.56. The van der Waals surface area contributed by atoms with Gasteiger partial charge >= 0.3 is 0 Å². The molecule has 0 unspecified atom stereocenters. The lowest BCUT2D eigenvalue weighted by molar-refractivity contribution is -0.384. The van der Waals surface area contributed by atoms with Crippen LogP contribution in [0, 0.1) is 10.1 Å². The summed E-state index contributed by atoms with van der Waals surface area (Å²) in [7, 11) is 0. The fourth-order valence-electron chi connectivity index (χ4n) is 1.29. The summed E-state index contributed by atoms with van der Waals surface area (Å²) >= 11 is 0. The van der Waals surface area contributed by atoms with Crippen LogP contribution in [0.25, 0.3) is 11.0 Å². The largest absolute Gasteiger partial charge is 0.465 e. The van der Waals surface area contributed by atoms with E-state index in [0.717, 1.165) is 0 Å². The highest BCUT2D eigenvalue weighted by Gasteiger charge is 2.09. The van der Waals surface area contributed by atoms with Crippen molar-refractivity contribution in [1.82, 2.24) is 9.97 Å². The first-order valence-electron chi connectivity index (χ1n) is 4.47. The lowest BCUT2D eigenvalue weighted by atomic mass is 10.3. The van der Waals surface area contributed by atoms with Crippen LogP contribution in [0.2, 0.25) is 0 Å². The Morgan fingerprint density at radius 2 is 2.40 bits per heavy atom. The van der Waals surface area contributed by atoms with Crippen LogP contribution in [0.3, 0.4) is 0 Å². The average molecular weight is 207 g/mol. The van der Waals surface area contributed by atoms with Gasteiger partial charge in [0.05, 0.1) is 22.6 Å². The first kappa shape index (κ1) is 9.45. The van der Waals surface area contributed by atoms with Gasteiger partial charge in [-0.3, -0.25) is 10.1 Å². The van der Waals surface area contributed by atoms with Gasteiger partial charge in [0, 0.05) is 12.1 Å². The number of non-ortho nitro benzene ring substituents is 1. The van der Waals surface area contributed by atoms with Crippen molar-refractivity contribution in [2.24, 2.45) is 0 Å². The van der Waals surface area contributed by atoms with Crippen molar-refractivity contribution in [3.8, 4) is 6.01 Å². The molecule has 0 aliphatic heterocycles. The second-order valence-corrected chi connectivity index (χ2v) is 2.93. The molecule has 1 aromatic heterocycles. The first-order chi connectivity index (χ1) is 7.20. The van der Waals surface area contributed by atoms with Crippen LogP contribution < -0.4 is 4.74 Å². The van der Waals surface area contributed by atoms with Crippen LogP contribution in [0.5, 0.6) is 6.01 Å². The molecular formula is C9H9N3O3. The molecule has 0 atom stereocenters. The predicted octanol–water partition coefficient (Wildman–Crippen LogP) is 1.87. The Morgan fingerprint density at radius 1 is 1.60 bits per heavy atom. The van der Waals surface area contributed by atoms with E-state index < -0.39 is 4.92 Å². The summed E-state index contributed by atoms with van der Waals surface area (Å²) in [4.78, 5) is 17.0. The zero-order chi connectivity index (χ0) is 10.8. The molecule has 6 heteroatoms. The summed E-state index contributed by atoms with van der Waals surface area (Å²) in [5.41, 5.74) is 1.30. The molecule has 0 saturated heterocycles. The zero-order valence-electron chi connectivity index (χ0n) is 8.06. The predicted molar refractivity (Wildman–Crippen MR) is 53.9 cm³/mol. The highest BCUT2D eigenvalue weighted by Crippen LogP contribution is 2.21. The summed E-state index contributed by atoms with van der Waals surface area (Å²) < 4.78 is 5.15. The maximum atomic E-state index is 10.5. The molecule has 1 heterocycles. The topological polar surface area (TPSA) is 81.1 Å². The fraction of sp³-hybridized carbons (Fsp3) is 0.222. The van der Waals surface area contributed by atoms with Gasteiger partial charge in [-0.25, -0.2) is 0 Å². The maximum absolute atomic E-state index is 10.5. The number of hydrogen-bond donors (Lipinski definition) is 1. The molecule has 0 fully saturated rings. The van der Waals surface area contributed by atoms with E-state index in [1.165, 1.54) is 12.1 Å². The van der Waals surface area contributed by atoms with Crippen molar-refractivity contribution in [3.05, 3.63) is 28.3 Å². The molecule has 2 rings (SSSR count). The van der Waals surface area contributed by atoms with E-state index in [1.807, 2.05) is 6.92 Å². The van der Waals surface area contributed by atoms with Crippen LogP contribution in [-0.2, 0) is 0 Å². The summed E-state index contributed by atoms with van der Waals surface area (Å²) in [6.07, 6.45) is 0. The number of nitrogens with one attached hydrogen (secondary N) is 1. The van der Waals surface area contributed by atoms with E-state index in [9.17, 15) is 10.1 Å². The average Bonchev–Trinajstić information content (AvgIpc) is 2.59. The molecule has 15 heavy (non-hydrogen) atoms. The summed E-state index contributed by atoms with van der Waals surface area (Å²) in [5, 5.41) is 10.5. The molecule has 2 aromatic rings. The number of aromatic amines is 1. The summed E-state index contributed by atoms with van der Waals surface area (Å²) in [5.74, 6) is 0. The number of nitrogens with zero attached hydrogens (tertiary/aromatic N) is 2. The third-order valence-electron chi connectivity index (χ3n) is 1.94. The van der Waals surface area contributed by atoms with Crippen molar-refractivity contribution in [3.63, 3.8) is 0 Å². The molecule has 6 nitrogen and oxygen atoms in total. The lowest BCUT2D eigenvalue weighted by Gasteiger charge is -1.93. The summed E-state index contributed by atoms with van der Waals surface area (Å²) in [6.45, 7) is 2.34. The van der Waals surface area contributed by atoms with Gasteiger partial charge in [-0.15, -0.1) is 0 Å². The smallest absolute Gasteiger partial charge is 0.294 e. The molecule has 0 amide bonds. The first-order valence-corrected chi connectivity index (χ1v) is 4.47. The molecule has 78 valence electrons. The number of aromatic nitrogens is 2. The monoisotopic (exact) mass is 207 g/mol. The van der Waals surface area contributed by atoms with Gasteiger partial charge in [0.1, 0.15) is 0 Å². The number of nitro groups is 1. The number of ether oxygens (including phenoxy) is 1. The van der Waals surface area contributed by atoms with Crippen molar-refractivity contribution in [2.45, 2.75) is 6.92 Å². The minimum atomic E-state index is -0.444.